The molecule has 0 aliphatic heterocycles. The number of carbonyl (C=O) groups is 3. The normalized spacial score (nSPS) is 16.1. The lowest BCUT2D eigenvalue weighted by Gasteiger charge is -2.32. The molecule has 3 nitrogen and oxygen atoms in total. The van der Waals surface area contributed by atoms with E-state index in [9.17, 15) is 14.4 Å². The van der Waals surface area contributed by atoms with E-state index in [1.807, 2.05) is 6.92 Å². The van der Waals surface area contributed by atoms with E-state index in [1.54, 1.807) is 0 Å². The second-order valence-corrected chi connectivity index (χ2v) is 11.5. The van der Waals surface area contributed by atoms with Gasteiger partial charge in [-0.15, -0.1) is 0 Å². The molecule has 0 amide bonds. The predicted octanol–water partition coefficient (Wildman–Crippen LogP) is 9.33. The number of fused-ring (bicyclic) bond motifs is 1. The third-order valence-electron chi connectivity index (χ3n) is 8.19. The highest BCUT2D eigenvalue weighted by Crippen LogP contribution is 2.40. The van der Waals surface area contributed by atoms with Crippen molar-refractivity contribution >= 4 is 17.3 Å². The van der Waals surface area contributed by atoms with E-state index in [1.165, 1.54) is 41.2 Å². The number of hydrogen-bond donors (Lipinski definition) is 0. The highest BCUT2D eigenvalue weighted by atomic mass is 16.1. The van der Waals surface area contributed by atoms with Crippen LogP contribution in [-0.2, 0) is 28.9 Å². The SMILES string of the molecule is CCC.CCCC(CC1CC(=O)c2c(C)ccc(-c3ccc(CC)c(CC)c3)c2C1)C(CC)C(=O)CC(C)=O. The van der Waals surface area contributed by atoms with E-state index >= 15 is 0 Å². The Kier molecular flexibility index (Phi) is 13.3. The van der Waals surface area contributed by atoms with Gasteiger partial charge in [-0.05, 0) is 91.2 Å². The first-order valence-electron chi connectivity index (χ1n) is 15.4. The first-order chi connectivity index (χ1) is 18.6. The van der Waals surface area contributed by atoms with Crippen LogP contribution in [0.15, 0.2) is 30.3 Å². The van der Waals surface area contributed by atoms with E-state index in [2.05, 4.69) is 71.9 Å². The van der Waals surface area contributed by atoms with Crippen molar-refractivity contribution in [1.82, 2.24) is 0 Å². The topological polar surface area (TPSA) is 51.2 Å². The average Bonchev–Trinajstić information content (AvgIpc) is 2.89. The lowest BCUT2D eigenvalue weighted by Crippen LogP contribution is -2.30. The first kappa shape index (κ1) is 32.7. The van der Waals surface area contributed by atoms with Gasteiger partial charge in [-0.3, -0.25) is 14.4 Å². The second-order valence-electron chi connectivity index (χ2n) is 11.5. The molecule has 1 aliphatic carbocycles. The zero-order chi connectivity index (χ0) is 29.1. The van der Waals surface area contributed by atoms with E-state index in [0.717, 1.165) is 56.1 Å². The fraction of sp³-hybridized carbons (Fsp3) is 0.583. The second kappa shape index (κ2) is 15.9. The van der Waals surface area contributed by atoms with Crippen LogP contribution in [0.5, 0.6) is 0 Å². The third-order valence-corrected chi connectivity index (χ3v) is 8.19. The number of aryl methyl sites for hydroxylation is 3. The van der Waals surface area contributed by atoms with Gasteiger partial charge in [0.05, 0.1) is 6.42 Å². The van der Waals surface area contributed by atoms with E-state index in [0.29, 0.717) is 6.42 Å². The van der Waals surface area contributed by atoms with Crippen molar-refractivity contribution in [3.05, 3.63) is 58.1 Å². The van der Waals surface area contributed by atoms with Crippen LogP contribution >= 0.6 is 0 Å². The Morgan fingerprint density at radius 3 is 2.15 bits per heavy atom. The summed E-state index contributed by atoms with van der Waals surface area (Å²) in [7, 11) is 0. The quantitative estimate of drug-likeness (QED) is 0.256. The Hall–Kier alpha value is -2.55. The van der Waals surface area contributed by atoms with Crippen LogP contribution in [0.4, 0.5) is 0 Å². The largest absolute Gasteiger partial charge is 0.300 e. The minimum absolute atomic E-state index is 0.0298. The van der Waals surface area contributed by atoms with E-state index in [-0.39, 0.29) is 41.5 Å². The molecular weight excluding hydrogens is 480 g/mol. The van der Waals surface area contributed by atoms with Gasteiger partial charge < -0.3 is 0 Å². The van der Waals surface area contributed by atoms with Crippen LogP contribution in [0, 0.1) is 24.7 Å². The first-order valence-corrected chi connectivity index (χ1v) is 15.4. The summed E-state index contributed by atoms with van der Waals surface area (Å²) in [5, 5.41) is 0. The predicted molar refractivity (Wildman–Crippen MR) is 165 cm³/mol. The van der Waals surface area contributed by atoms with Gasteiger partial charge in [0.1, 0.15) is 11.6 Å². The smallest absolute Gasteiger partial charge is 0.163 e. The molecule has 3 heteroatoms. The maximum absolute atomic E-state index is 13.5. The van der Waals surface area contributed by atoms with E-state index < -0.39 is 0 Å². The lowest BCUT2D eigenvalue weighted by atomic mass is 9.71. The van der Waals surface area contributed by atoms with Crippen LogP contribution < -0.4 is 0 Å². The highest BCUT2D eigenvalue weighted by molar-refractivity contribution is 6.02. The summed E-state index contributed by atoms with van der Waals surface area (Å²) in [6, 6.07) is 11.1. The molecule has 0 spiro atoms. The van der Waals surface area contributed by atoms with Gasteiger partial charge in [0, 0.05) is 17.9 Å². The van der Waals surface area contributed by atoms with Gasteiger partial charge in [-0.2, -0.15) is 0 Å². The summed E-state index contributed by atoms with van der Waals surface area (Å²) < 4.78 is 0. The van der Waals surface area contributed by atoms with Crippen LogP contribution in [0.25, 0.3) is 11.1 Å². The van der Waals surface area contributed by atoms with E-state index in [4.69, 9.17) is 0 Å². The molecule has 39 heavy (non-hydrogen) atoms. The number of rotatable bonds is 12. The number of Topliss-reactive ketones (excluding diaryl/α,β-unsaturated/α-hetero) is 3. The number of hydrogen-bond acceptors (Lipinski definition) is 3. The van der Waals surface area contributed by atoms with Crippen molar-refractivity contribution in [2.24, 2.45) is 17.8 Å². The molecule has 3 atom stereocenters. The molecule has 0 saturated heterocycles. The Morgan fingerprint density at radius 2 is 1.59 bits per heavy atom. The molecule has 3 unspecified atom stereocenters. The third kappa shape index (κ3) is 8.47. The minimum Gasteiger partial charge on any atom is -0.300 e. The Bertz CT molecular complexity index is 1130. The molecule has 0 bridgehead atoms. The fourth-order valence-corrected chi connectivity index (χ4v) is 6.48. The Morgan fingerprint density at radius 1 is 0.923 bits per heavy atom. The molecule has 0 N–H and O–H groups in total. The van der Waals surface area contributed by atoms with Gasteiger partial charge in [0.25, 0.3) is 0 Å². The molecule has 1 aliphatic rings. The summed E-state index contributed by atoms with van der Waals surface area (Å²) in [5.74, 6) is 0.592. The molecule has 214 valence electrons. The molecule has 0 heterocycles. The minimum atomic E-state index is -0.101. The fourth-order valence-electron chi connectivity index (χ4n) is 6.48. The Balaban J connectivity index is 0.00000170. The zero-order valence-electron chi connectivity index (χ0n) is 25.9. The summed E-state index contributed by atoms with van der Waals surface area (Å²) in [6.45, 7) is 16.4. The monoisotopic (exact) mass is 532 g/mol. The van der Waals surface area contributed by atoms with Crippen LogP contribution in [0.1, 0.15) is 126 Å². The van der Waals surface area contributed by atoms with Crippen molar-refractivity contribution < 1.29 is 14.4 Å². The van der Waals surface area contributed by atoms with Gasteiger partial charge in [0.15, 0.2) is 5.78 Å². The Labute approximate surface area is 238 Å². The summed E-state index contributed by atoms with van der Waals surface area (Å²) in [4.78, 5) is 38.0. The maximum atomic E-state index is 13.5. The molecule has 3 rings (SSSR count). The summed E-state index contributed by atoms with van der Waals surface area (Å²) in [6.07, 6.45) is 8.29. The van der Waals surface area contributed by atoms with Crippen molar-refractivity contribution in [3.8, 4) is 11.1 Å². The van der Waals surface area contributed by atoms with Crippen LogP contribution in [0.2, 0.25) is 0 Å². The summed E-state index contributed by atoms with van der Waals surface area (Å²) in [5.41, 5.74) is 8.29. The lowest BCUT2D eigenvalue weighted by molar-refractivity contribution is -0.129. The molecule has 0 fully saturated rings. The molecular formula is C36H52O3. The van der Waals surface area contributed by atoms with Crippen LogP contribution in [0.3, 0.4) is 0 Å². The standard InChI is InChI=1S/C33H44O3.C3H8/c1-7-11-26(28(10-4)31(35)16-22(6)34)17-23-18-30-29(15-12-21(5)33(30)32(36)19-23)27-14-13-24(8-2)25(9-3)20-27;1-3-2/h12-15,20,23,26,28H,7-11,16-19H2,1-6H3;3H2,1-2H3. The molecule has 0 aromatic heterocycles. The van der Waals surface area contributed by atoms with Crippen molar-refractivity contribution in [3.63, 3.8) is 0 Å². The van der Waals surface area contributed by atoms with Crippen molar-refractivity contribution in [2.45, 2.75) is 120 Å². The zero-order valence-corrected chi connectivity index (χ0v) is 25.9. The van der Waals surface area contributed by atoms with Gasteiger partial charge in [-0.25, -0.2) is 0 Å². The number of benzene rings is 2. The number of carbonyl (C=O) groups excluding carboxylic acids is 3. The van der Waals surface area contributed by atoms with Gasteiger partial charge >= 0.3 is 0 Å². The van der Waals surface area contributed by atoms with Crippen molar-refractivity contribution in [2.75, 3.05) is 0 Å². The van der Waals surface area contributed by atoms with Gasteiger partial charge in [0.2, 0.25) is 0 Å². The molecule has 2 aromatic carbocycles. The van der Waals surface area contributed by atoms with Crippen molar-refractivity contribution in [1.29, 1.82) is 0 Å². The van der Waals surface area contributed by atoms with Crippen LogP contribution in [-0.4, -0.2) is 17.3 Å². The number of ketones is 3. The highest BCUT2D eigenvalue weighted by Gasteiger charge is 2.34. The molecule has 0 radical (unpaired) electrons. The average molecular weight is 533 g/mol. The maximum Gasteiger partial charge on any atom is 0.163 e. The van der Waals surface area contributed by atoms with Gasteiger partial charge in [-0.1, -0.05) is 91.1 Å². The summed E-state index contributed by atoms with van der Waals surface area (Å²) >= 11 is 0. The molecule has 0 saturated carbocycles. The molecule has 2 aromatic rings.